The Morgan fingerprint density at radius 1 is 1.14 bits per heavy atom. The fourth-order valence-corrected chi connectivity index (χ4v) is 3.90. The van der Waals surface area contributed by atoms with Crippen molar-refractivity contribution in [3.8, 4) is 5.75 Å². The zero-order chi connectivity index (χ0) is 20.2. The number of benzene rings is 2. The minimum atomic E-state index is -0.624. The number of Topliss-reactive ketones (excluding diaryl/α,β-unsaturated/α-hetero) is 1. The number of anilines is 1. The van der Waals surface area contributed by atoms with Crippen molar-refractivity contribution in [1.82, 2.24) is 10.3 Å². The van der Waals surface area contributed by atoms with E-state index in [0.29, 0.717) is 17.3 Å². The van der Waals surface area contributed by atoms with Crippen molar-refractivity contribution >= 4 is 34.3 Å². The van der Waals surface area contributed by atoms with Crippen LogP contribution in [-0.2, 0) is 4.79 Å². The number of hydrazone groups is 1. The molecule has 0 saturated heterocycles. The monoisotopic (exact) mass is 408 g/mol. The van der Waals surface area contributed by atoms with Crippen LogP contribution < -0.4 is 15.1 Å². The molecular formula is C21H20N4O3S. The van der Waals surface area contributed by atoms with E-state index in [1.165, 1.54) is 11.8 Å². The largest absolute Gasteiger partial charge is 0.494 e. The van der Waals surface area contributed by atoms with E-state index in [0.717, 1.165) is 11.4 Å². The first kappa shape index (κ1) is 19.1. The molecule has 0 saturated carbocycles. The van der Waals surface area contributed by atoms with Crippen LogP contribution in [0.25, 0.3) is 0 Å². The number of ether oxygens (including phenoxy) is 1. The topological polar surface area (TPSA) is 74.2 Å². The Hall–Kier alpha value is -3.26. The summed E-state index contributed by atoms with van der Waals surface area (Å²) >= 11 is 1.30. The van der Waals surface area contributed by atoms with E-state index in [1.54, 1.807) is 34.3 Å². The highest BCUT2D eigenvalue weighted by Gasteiger charge is 2.38. The molecule has 0 bridgehead atoms. The van der Waals surface area contributed by atoms with Crippen LogP contribution in [0.3, 0.4) is 0 Å². The molecule has 2 aliphatic heterocycles. The molecule has 2 heterocycles. The van der Waals surface area contributed by atoms with Crippen molar-refractivity contribution in [2.45, 2.75) is 13.1 Å². The van der Waals surface area contributed by atoms with Crippen LogP contribution >= 0.6 is 11.8 Å². The second kappa shape index (κ2) is 8.40. The summed E-state index contributed by atoms with van der Waals surface area (Å²) in [6.45, 7) is 2.52. The second-order valence-corrected chi connectivity index (χ2v) is 7.29. The van der Waals surface area contributed by atoms with Crippen LogP contribution in [0.1, 0.15) is 17.3 Å². The number of amides is 1. The Morgan fingerprint density at radius 3 is 2.62 bits per heavy atom. The Balaban J connectivity index is 1.41. The lowest BCUT2D eigenvalue weighted by atomic mass is 10.2. The number of hydrogen-bond acceptors (Lipinski definition) is 7. The number of carbonyl (C=O) groups is 2. The first-order valence-electron chi connectivity index (χ1n) is 9.24. The second-order valence-electron chi connectivity index (χ2n) is 6.34. The highest BCUT2D eigenvalue weighted by Crippen LogP contribution is 2.27. The minimum Gasteiger partial charge on any atom is -0.494 e. The first-order chi connectivity index (χ1) is 14.2. The average Bonchev–Trinajstić information content (AvgIpc) is 3.18. The van der Waals surface area contributed by atoms with Crippen LogP contribution in [0, 0.1) is 0 Å². The lowest BCUT2D eigenvalue weighted by molar-refractivity contribution is -0.122. The van der Waals surface area contributed by atoms with Crippen molar-refractivity contribution in [1.29, 1.82) is 0 Å². The Morgan fingerprint density at radius 2 is 1.90 bits per heavy atom. The van der Waals surface area contributed by atoms with Crippen molar-refractivity contribution < 1.29 is 14.3 Å². The van der Waals surface area contributed by atoms with E-state index in [-0.39, 0.29) is 17.4 Å². The Bertz CT molecular complexity index is 960. The van der Waals surface area contributed by atoms with Gasteiger partial charge in [0, 0.05) is 23.7 Å². The van der Waals surface area contributed by atoms with Gasteiger partial charge in [-0.15, -0.1) is 0 Å². The van der Waals surface area contributed by atoms with Gasteiger partial charge in [0.2, 0.25) is 6.17 Å². The smallest absolute Gasteiger partial charge is 0.276 e. The molecule has 1 atom stereocenters. The van der Waals surface area contributed by atoms with Crippen molar-refractivity contribution in [3.63, 3.8) is 0 Å². The van der Waals surface area contributed by atoms with E-state index >= 15 is 0 Å². The molecule has 1 unspecified atom stereocenters. The number of thioether (sulfide) groups is 1. The number of ketones is 1. The molecule has 1 N–H and O–H groups in total. The number of amidine groups is 1. The summed E-state index contributed by atoms with van der Waals surface area (Å²) < 4.78 is 5.45. The quantitative estimate of drug-likeness (QED) is 0.741. The van der Waals surface area contributed by atoms with E-state index in [1.807, 2.05) is 49.4 Å². The van der Waals surface area contributed by atoms with Crippen molar-refractivity contribution in [2.75, 3.05) is 17.3 Å². The number of nitrogens with zero attached hydrogens (tertiary/aromatic N) is 3. The van der Waals surface area contributed by atoms with Crippen molar-refractivity contribution in [3.05, 3.63) is 72.6 Å². The molecule has 0 spiro atoms. The van der Waals surface area contributed by atoms with Gasteiger partial charge in [0.1, 0.15) is 5.75 Å². The third-order valence-electron chi connectivity index (χ3n) is 4.48. The molecule has 0 radical (unpaired) electrons. The van der Waals surface area contributed by atoms with Crippen LogP contribution in [0.5, 0.6) is 5.75 Å². The van der Waals surface area contributed by atoms with Gasteiger partial charge in [0.15, 0.2) is 11.0 Å². The van der Waals surface area contributed by atoms with Gasteiger partial charge in [-0.3, -0.25) is 24.8 Å². The maximum absolute atomic E-state index is 12.9. The number of rotatable bonds is 6. The van der Waals surface area contributed by atoms with Crippen LogP contribution in [0.2, 0.25) is 0 Å². The number of nitrogens with one attached hydrogen (secondary N) is 1. The lowest BCUT2D eigenvalue weighted by Crippen LogP contribution is -2.52. The Kier molecular flexibility index (Phi) is 5.53. The summed E-state index contributed by atoms with van der Waals surface area (Å²) in [6.07, 6.45) is 2.87. The van der Waals surface area contributed by atoms with Crippen LogP contribution in [0.15, 0.2) is 72.1 Å². The predicted octanol–water partition coefficient (Wildman–Crippen LogP) is 3.02. The molecular weight excluding hydrogens is 388 g/mol. The molecule has 2 aromatic carbocycles. The molecule has 7 nitrogen and oxygen atoms in total. The maximum Gasteiger partial charge on any atom is 0.276 e. The minimum absolute atomic E-state index is 0.0186. The molecule has 0 fully saturated rings. The van der Waals surface area contributed by atoms with Gasteiger partial charge in [-0.1, -0.05) is 42.1 Å². The summed E-state index contributed by atoms with van der Waals surface area (Å²) in [5.74, 6) is 0.879. The lowest BCUT2D eigenvalue weighted by Gasteiger charge is -2.31. The van der Waals surface area contributed by atoms with Gasteiger partial charge in [-0.25, -0.2) is 0 Å². The standard InChI is InChI=1S/C21H20N4O3S/c1-2-28-17-10-8-16(9-11-17)24-12-13-25-19(20(24)27)22-23-21(25)29-14-18(26)15-6-4-3-5-7-15/h3-13,19,22H,2,14H2,1H3. The highest BCUT2D eigenvalue weighted by molar-refractivity contribution is 8.14. The maximum atomic E-state index is 12.9. The van der Waals surface area contributed by atoms with E-state index in [2.05, 4.69) is 10.5 Å². The van der Waals surface area contributed by atoms with E-state index < -0.39 is 6.17 Å². The number of carbonyl (C=O) groups excluding carboxylic acids is 2. The van der Waals surface area contributed by atoms with Gasteiger partial charge >= 0.3 is 0 Å². The molecule has 4 rings (SSSR count). The van der Waals surface area contributed by atoms with Gasteiger partial charge in [0.05, 0.1) is 12.4 Å². The molecule has 8 heteroatoms. The molecule has 148 valence electrons. The summed E-state index contributed by atoms with van der Waals surface area (Å²) in [6, 6.07) is 16.5. The fraction of sp³-hybridized carbons (Fsp3) is 0.190. The third-order valence-corrected chi connectivity index (χ3v) is 5.45. The van der Waals surface area contributed by atoms with Crippen molar-refractivity contribution in [2.24, 2.45) is 5.10 Å². The van der Waals surface area contributed by atoms with Gasteiger partial charge in [-0.05, 0) is 31.2 Å². The average molecular weight is 408 g/mol. The highest BCUT2D eigenvalue weighted by atomic mass is 32.2. The first-order valence-corrected chi connectivity index (χ1v) is 10.2. The Labute approximate surface area is 173 Å². The van der Waals surface area contributed by atoms with Gasteiger partial charge < -0.3 is 4.74 Å². The SMILES string of the molecule is CCOc1ccc(N2C=CN3C(SCC(=O)c4ccccc4)=NNC3C2=O)cc1. The summed E-state index contributed by atoms with van der Waals surface area (Å²) in [5.41, 5.74) is 4.28. The van der Waals surface area contributed by atoms with E-state index in [9.17, 15) is 9.59 Å². The van der Waals surface area contributed by atoms with Crippen LogP contribution in [-0.4, -0.2) is 40.3 Å². The summed E-state index contributed by atoms with van der Waals surface area (Å²) in [5, 5.41) is 4.84. The number of fused-ring (bicyclic) bond motifs is 1. The van der Waals surface area contributed by atoms with Crippen LogP contribution in [0.4, 0.5) is 5.69 Å². The molecule has 2 aromatic rings. The van der Waals surface area contributed by atoms with E-state index in [4.69, 9.17) is 4.74 Å². The molecule has 0 aromatic heterocycles. The fourth-order valence-electron chi connectivity index (χ4n) is 3.04. The zero-order valence-corrected chi connectivity index (χ0v) is 16.6. The molecule has 29 heavy (non-hydrogen) atoms. The summed E-state index contributed by atoms with van der Waals surface area (Å²) in [4.78, 5) is 28.5. The third kappa shape index (κ3) is 3.97. The van der Waals surface area contributed by atoms with Gasteiger partial charge in [-0.2, -0.15) is 5.10 Å². The molecule has 1 amide bonds. The molecule has 0 aliphatic carbocycles. The van der Waals surface area contributed by atoms with Gasteiger partial charge in [0.25, 0.3) is 5.91 Å². The number of hydrogen-bond donors (Lipinski definition) is 1. The molecule has 2 aliphatic rings. The normalized spacial score (nSPS) is 17.6. The summed E-state index contributed by atoms with van der Waals surface area (Å²) in [7, 11) is 0. The predicted molar refractivity (Wildman–Crippen MR) is 114 cm³/mol. The zero-order valence-electron chi connectivity index (χ0n) is 15.8.